The van der Waals surface area contributed by atoms with Crippen LogP contribution in [0.3, 0.4) is 0 Å². The lowest BCUT2D eigenvalue weighted by molar-refractivity contribution is -0.134. The highest BCUT2D eigenvalue weighted by Gasteiger charge is 2.13. The molecule has 0 spiro atoms. The van der Waals surface area contributed by atoms with Gasteiger partial charge in [0.1, 0.15) is 0 Å². The van der Waals surface area contributed by atoms with Crippen molar-refractivity contribution in [2.45, 2.75) is 33.7 Å². The molecule has 0 saturated heterocycles. The minimum absolute atomic E-state index is 0.0707. The summed E-state index contributed by atoms with van der Waals surface area (Å²) in [6.45, 7) is 6.79. The van der Waals surface area contributed by atoms with E-state index >= 15 is 0 Å². The smallest absolute Gasteiger partial charge is 0.239 e. The van der Waals surface area contributed by atoms with E-state index in [0.717, 1.165) is 12.1 Å². The summed E-state index contributed by atoms with van der Waals surface area (Å²) >= 11 is 0. The van der Waals surface area contributed by atoms with Gasteiger partial charge in [-0.25, -0.2) is 0 Å². The Morgan fingerprint density at radius 1 is 1.35 bits per heavy atom. The molecule has 0 aliphatic heterocycles. The molecule has 1 aromatic heterocycles. The van der Waals surface area contributed by atoms with Crippen LogP contribution < -0.4 is 5.32 Å². The molecule has 5 nitrogen and oxygen atoms in total. The van der Waals surface area contributed by atoms with Crippen LogP contribution in [0.2, 0.25) is 0 Å². The minimum atomic E-state index is -0.158. The highest BCUT2D eigenvalue weighted by Crippen LogP contribution is 2.02. The van der Waals surface area contributed by atoms with Crippen molar-refractivity contribution in [2.75, 3.05) is 13.1 Å². The Balaban J connectivity index is 2.40. The molecule has 0 fully saturated rings. The third kappa shape index (κ3) is 6.31. The van der Waals surface area contributed by atoms with Crippen LogP contribution in [0.5, 0.6) is 0 Å². The minimum Gasteiger partial charge on any atom is -0.349 e. The number of hydrogen-bond acceptors (Lipinski definition) is 3. The lowest BCUT2D eigenvalue weighted by Gasteiger charge is -2.21. The lowest BCUT2D eigenvalue weighted by Crippen LogP contribution is -2.40. The molecule has 2 amide bonds. The predicted octanol–water partition coefficient (Wildman–Crippen LogP) is 1.59. The van der Waals surface area contributed by atoms with E-state index in [1.165, 1.54) is 6.92 Å². The summed E-state index contributed by atoms with van der Waals surface area (Å²) < 4.78 is 0. The zero-order chi connectivity index (χ0) is 15.0. The summed E-state index contributed by atoms with van der Waals surface area (Å²) in [5.74, 6) is 0.279. The molecule has 1 N–H and O–H groups in total. The summed E-state index contributed by atoms with van der Waals surface area (Å²) in [5, 5.41) is 2.78. The van der Waals surface area contributed by atoms with E-state index in [1.807, 2.05) is 18.2 Å². The molecule has 0 atom stereocenters. The van der Waals surface area contributed by atoms with Crippen LogP contribution in [-0.2, 0) is 16.1 Å². The average molecular weight is 277 g/mol. The van der Waals surface area contributed by atoms with Crippen LogP contribution >= 0.6 is 0 Å². The zero-order valence-electron chi connectivity index (χ0n) is 12.4. The van der Waals surface area contributed by atoms with Crippen molar-refractivity contribution < 1.29 is 9.59 Å². The number of pyridine rings is 1. The first kappa shape index (κ1) is 16.1. The fraction of sp³-hybridized carbons (Fsp3) is 0.533. The molecule has 0 aliphatic rings. The molecule has 1 heterocycles. The van der Waals surface area contributed by atoms with Crippen molar-refractivity contribution in [2.24, 2.45) is 5.92 Å². The Kier molecular flexibility index (Phi) is 6.70. The molecule has 0 radical (unpaired) electrons. The van der Waals surface area contributed by atoms with Gasteiger partial charge >= 0.3 is 0 Å². The molecule has 110 valence electrons. The summed E-state index contributed by atoms with van der Waals surface area (Å²) in [5.41, 5.74) is 0.803. The van der Waals surface area contributed by atoms with Gasteiger partial charge in [0.05, 0.1) is 18.8 Å². The van der Waals surface area contributed by atoms with Crippen LogP contribution in [-0.4, -0.2) is 34.8 Å². The van der Waals surface area contributed by atoms with Crippen molar-refractivity contribution in [3.8, 4) is 0 Å². The van der Waals surface area contributed by atoms with Crippen LogP contribution in [0.15, 0.2) is 24.4 Å². The van der Waals surface area contributed by atoms with E-state index in [-0.39, 0.29) is 18.4 Å². The molecule has 1 aromatic rings. The maximum atomic E-state index is 11.8. The molecule has 20 heavy (non-hydrogen) atoms. The van der Waals surface area contributed by atoms with Gasteiger partial charge in [-0.3, -0.25) is 14.6 Å². The van der Waals surface area contributed by atoms with E-state index in [4.69, 9.17) is 0 Å². The lowest BCUT2D eigenvalue weighted by atomic mass is 10.1. The Bertz CT molecular complexity index is 432. The fourth-order valence-electron chi connectivity index (χ4n) is 1.68. The van der Waals surface area contributed by atoms with Crippen molar-refractivity contribution in [1.29, 1.82) is 0 Å². The van der Waals surface area contributed by atoms with Gasteiger partial charge in [-0.2, -0.15) is 0 Å². The number of carbonyl (C=O) groups is 2. The normalized spacial score (nSPS) is 10.4. The van der Waals surface area contributed by atoms with E-state index in [0.29, 0.717) is 19.0 Å². The molecular formula is C15H23N3O2. The highest BCUT2D eigenvalue weighted by molar-refractivity contribution is 5.83. The first-order chi connectivity index (χ1) is 9.49. The quantitative estimate of drug-likeness (QED) is 0.823. The predicted molar refractivity (Wildman–Crippen MR) is 77.8 cm³/mol. The number of aromatic nitrogens is 1. The van der Waals surface area contributed by atoms with Crippen LogP contribution in [0.4, 0.5) is 0 Å². The first-order valence-corrected chi connectivity index (χ1v) is 6.91. The van der Waals surface area contributed by atoms with Gasteiger partial charge < -0.3 is 10.2 Å². The average Bonchev–Trinajstić information content (AvgIpc) is 2.41. The highest BCUT2D eigenvalue weighted by atomic mass is 16.2. The van der Waals surface area contributed by atoms with E-state index in [2.05, 4.69) is 24.1 Å². The van der Waals surface area contributed by atoms with Gasteiger partial charge in [0, 0.05) is 19.7 Å². The number of nitrogens with zero attached hydrogens (tertiary/aromatic N) is 2. The van der Waals surface area contributed by atoms with E-state index in [1.54, 1.807) is 11.1 Å². The van der Waals surface area contributed by atoms with E-state index in [9.17, 15) is 9.59 Å². The topological polar surface area (TPSA) is 62.3 Å². The van der Waals surface area contributed by atoms with Crippen LogP contribution in [0, 0.1) is 5.92 Å². The van der Waals surface area contributed by atoms with Crippen molar-refractivity contribution >= 4 is 11.8 Å². The van der Waals surface area contributed by atoms with Gasteiger partial charge in [-0.1, -0.05) is 19.9 Å². The third-order valence-corrected chi connectivity index (χ3v) is 2.95. The maximum Gasteiger partial charge on any atom is 0.239 e. The van der Waals surface area contributed by atoms with Gasteiger partial charge in [-0.05, 0) is 24.5 Å². The summed E-state index contributed by atoms with van der Waals surface area (Å²) in [4.78, 5) is 29.0. The summed E-state index contributed by atoms with van der Waals surface area (Å²) in [7, 11) is 0. The van der Waals surface area contributed by atoms with Crippen LogP contribution in [0.25, 0.3) is 0 Å². The molecule has 5 heteroatoms. The van der Waals surface area contributed by atoms with Gasteiger partial charge in [0.15, 0.2) is 0 Å². The molecule has 0 aliphatic carbocycles. The van der Waals surface area contributed by atoms with Crippen LogP contribution in [0.1, 0.15) is 32.9 Å². The van der Waals surface area contributed by atoms with Gasteiger partial charge in [0.25, 0.3) is 0 Å². The van der Waals surface area contributed by atoms with Crippen molar-refractivity contribution in [1.82, 2.24) is 15.2 Å². The molecule has 0 saturated carbocycles. The molecule has 0 unspecified atom stereocenters. The Labute approximate surface area is 120 Å². The Hall–Kier alpha value is -1.91. The monoisotopic (exact) mass is 277 g/mol. The Morgan fingerprint density at radius 2 is 2.10 bits per heavy atom. The standard InChI is InChI=1S/C15H23N3O2/c1-12(2)7-9-18(13(3)19)11-15(20)17-10-14-6-4-5-8-16-14/h4-6,8,12H,7,9-11H2,1-3H3,(H,17,20). The number of rotatable bonds is 7. The van der Waals surface area contributed by atoms with Gasteiger partial charge in [-0.15, -0.1) is 0 Å². The largest absolute Gasteiger partial charge is 0.349 e. The fourth-order valence-corrected chi connectivity index (χ4v) is 1.68. The second kappa shape index (κ2) is 8.30. The second-order valence-corrected chi connectivity index (χ2v) is 5.22. The summed E-state index contributed by atoms with van der Waals surface area (Å²) in [6.07, 6.45) is 2.58. The van der Waals surface area contributed by atoms with Crippen molar-refractivity contribution in [3.05, 3.63) is 30.1 Å². The molecular weight excluding hydrogens is 254 g/mol. The zero-order valence-corrected chi connectivity index (χ0v) is 12.4. The number of hydrogen-bond donors (Lipinski definition) is 1. The Morgan fingerprint density at radius 3 is 2.65 bits per heavy atom. The van der Waals surface area contributed by atoms with Crippen molar-refractivity contribution in [3.63, 3.8) is 0 Å². The number of amides is 2. The third-order valence-electron chi connectivity index (χ3n) is 2.95. The number of carbonyl (C=O) groups excluding carboxylic acids is 2. The molecule has 0 bridgehead atoms. The van der Waals surface area contributed by atoms with Gasteiger partial charge in [0.2, 0.25) is 11.8 Å². The molecule has 1 rings (SSSR count). The molecule has 0 aromatic carbocycles. The SMILES string of the molecule is CC(=O)N(CCC(C)C)CC(=O)NCc1ccccn1. The van der Waals surface area contributed by atoms with E-state index < -0.39 is 0 Å². The number of nitrogens with one attached hydrogen (secondary N) is 1. The second-order valence-electron chi connectivity index (χ2n) is 5.22. The summed E-state index contributed by atoms with van der Waals surface area (Å²) in [6, 6.07) is 5.55. The first-order valence-electron chi connectivity index (χ1n) is 6.91. The maximum absolute atomic E-state index is 11.8.